The van der Waals surface area contributed by atoms with Crippen LogP contribution < -0.4 is 10.6 Å². The van der Waals surface area contributed by atoms with Gasteiger partial charge in [0.25, 0.3) is 5.91 Å². The van der Waals surface area contributed by atoms with Gasteiger partial charge < -0.3 is 15.5 Å². The first-order chi connectivity index (χ1) is 13.5. The van der Waals surface area contributed by atoms with Crippen molar-refractivity contribution in [2.75, 3.05) is 11.9 Å². The van der Waals surface area contributed by atoms with Gasteiger partial charge in [-0.25, -0.2) is 4.79 Å². The zero-order valence-corrected chi connectivity index (χ0v) is 16.6. The van der Waals surface area contributed by atoms with Gasteiger partial charge in [-0.3, -0.25) is 4.79 Å². The highest BCUT2D eigenvalue weighted by Gasteiger charge is 2.31. The van der Waals surface area contributed by atoms with E-state index in [1.165, 1.54) is 0 Å². The summed E-state index contributed by atoms with van der Waals surface area (Å²) in [5.74, 6) is -0.0897. The molecule has 2 aromatic carbocycles. The van der Waals surface area contributed by atoms with Crippen molar-refractivity contribution < 1.29 is 9.59 Å². The van der Waals surface area contributed by atoms with Gasteiger partial charge in [-0.15, -0.1) is 0 Å². The lowest BCUT2D eigenvalue weighted by Gasteiger charge is -2.26. The van der Waals surface area contributed by atoms with Gasteiger partial charge in [-0.2, -0.15) is 0 Å². The highest BCUT2D eigenvalue weighted by molar-refractivity contribution is 6.31. The first kappa shape index (κ1) is 18.8. The zero-order chi connectivity index (χ0) is 19.7. The summed E-state index contributed by atoms with van der Waals surface area (Å²) < 4.78 is 0. The number of benzene rings is 2. The van der Waals surface area contributed by atoms with Crippen LogP contribution in [0.2, 0.25) is 5.02 Å². The van der Waals surface area contributed by atoms with Gasteiger partial charge in [0.1, 0.15) is 0 Å². The molecule has 1 atom stereocenters. The SMILES string of the molecule is Cc1ccc(C(=O)NC2CC2)cc1NC(=O)N1CCCC1c1ccccc1Cl. The molecule has 1 heterocycles. The molecule has 2 fully saturated rings. The summed E-state index contributed by atoms with van der Waals surface area (Å²) >= 11 is 6.36. The Morgan fingerprint density at radius 2 is 1.89 bits per heavy atom. The number of hydrogen-bond acceptors (Lipinski definition) is 2. The normalized spacial score (nSPS) is 18.8. The number of aryl methyl sites for hydroxylation is 1. The Bertz CT molecular complexity index is 910. The third-order valence-corrected chi connectivity index (χ3v) is 5.78. The minimum atomic E-state index is -0.162. The Hall–Kier alpha value is -2.53. The molecule has 146 valence electrons. The molecule has 5 nitrogen and oxygen atoms in total. The van der Waals surface area contributed by atoms with Crippen LogP contribution in [0.15, 0.2) is 42.5 Å². The van der Waals surface area contributed by atoms with E-state index in [0.29, 0.717) is 28.9 Å². The average molecular weight is 398 g/mol. The lowest BCUT2D eigenvalue weighted by molar-refractivity contribution is 0.0951. The van der Waals surface area contributed by atoms with E-state index < -0.39 is 0 Å². The van der Waals surface area contributed by atoms with Crippen LogP contribution in [-0.2, 0) is 0 Å². The fraction of sp³-hybridized carbons (Fsp3) is 0.364. The molecule has 1 aliphatic heterocycles. The summed E-state index contributed by atoms with van der Waals surface area (Å²) in [6.45, 7) is 2.61. The van der Waals surface area contributed by atoms with Gasteiger partial charge in [0.15, 0.2) is 0 Å². The molecule has 2 N–H and O–H groups in total. The number of halogens is 1. The van der Waals surface area contributed by atoms with Crippen LogP contribution in [0.1, 0.15) is 53.2 Å². The third kappa shape index (κ3) is 3.99. The molecule has 2 aromatic rings. The number of urea groups is 1. The van der Waals surface area contributed by atoms with Crippen molar-refractivity contribution in [1.29, 1.82) is 0 Å². The van der Waals surface area contributed by atoms with Crippen molar-refractivity contribution in [1.82, 2.24) is 10.2 Å². The van der Waals surface area contributed by atoms with Crippen molar-refractivity contribution >= 4 is 29.2 Å². The zero-order valence-electron chi connectivity index (χ0n) is 15.9. The number of rotatable bonds is 4. The highest BCUT2D eigenvalue weighted by Crippen LogP contribution is 2.36. The van der Waals surface area contributed by atoms with Crippen LogP contribution in [0.25, 0.3) is 0 Å². The Morgan fingerprint density at radius 1 is 1.11 bits per heavy atom. The van der Waals surface area contributed by atoms with E-state index in [2.05, 4.69) is 10.6 Å². The minimum absolute atomic E-state index is 0.0321. The third-order valence-electron chi connectivity index (χ3n) is 5.43. The number of carbonyl (C=O) groups is 2. The molecule has 0 radical (unpaired) electrons. The molecule has 1 saturated heterocycles. The molecular weight excluding hydrogens is 374 g/mol. The molecule has 0 spiro atoms. The van der Waals surface area contributed by atoms with E-state index >= 15 is 0 Å². The van der Waals surface area contributed by atoms with E-state index in [1.54, 1.807) is 12.1 Å². The van der Waals surface area contributed by atoms with E-state index in [0.717, 1.165) is 36.8 Å². The van der Waals surface area contributed by atoms with Crippen molar-refractivity contribution in [2.45, 2.75) is 44.7 Å². The summed E-state index contributed by atoms with van der Waals surface area (Å²) in [4.78, 5) is 27.2. The average Bonchev–Trinajstić information content (AvgIpc) is 3.36. The molecule has 0 aromatic heterocycles. The van der Waals surface area contributed by atoms with Gasteiger partial charge in [-0.05, 0) is 61.9 Å². The molecular formula is C22H24ClN3O2. The predicted octanol–water partition coefficient (Wildman–Crippen LogP) is 4.91. The number of carbonyl (C=O) groups excluding carboxylic acids is 2. The lowest BCUT2D eigenvalue weighted by atomic mass is 10.0. The summed E-state index contributed by atoms with van der Waals surface area (Å²) in [6, 6.07) is 13.2. The van der Waals surface area contributed by atoms with Gasteiger partial charge in [-0.1, -0.05) is 35.9 Å². The van der Waals surface area contributed by atoms with Crippen LogP contribution in [0.5, 0.6) is 0 Å². The van der Waals surface area contributed by atoms with E-state index in [4.69, 9.17) is 11.6 Å². The lowest BCUT2D eigenvalue weighted by Crippen LogP contribution is -2.35. The van der Waals surface area contributed by atoms with Crippen molar-refractivity contribution in [3.8, 4) is 0 Å². The summed E-state index contributed by atoms with van der Waals surface area (Å²) in [5, 5.41) is 6.67. The maximum absolute atomic E-state index is 13.0. The van der Waals surface area contributed by atoms with Crippen LogP contribution in [-0.4, -0.2) is 29.4 Å². The van der Waals surface area contributed by atoms with Crippen LogP contribution in [0.3, 0.4) is 0 Å². The van der Waals surface area contributed by atoms with Crippen LogP contribution in [0.4, 0.5) is 10.5 Å². The molecule has 0 bridgehead atoms. The fourth-order valence-electron chi connectivity index (χ4n) is 3.66. The molecule has 6 heteroatoms. The Morgan fingerprint density at radius 3 is 2.64 bits per heavy atom. The Kier molecular flexibility index (Phi) is 5.27. The van der Waals surface area contributed by atoms with Crippen LogP contribution in [0, 0.1) is 6.92 Å². The standard InChI is InChI=1S/C22H24ClN3O2/c1-14-8-9-15(21(27)24-16-10-11-16)13-19(14)25-22(28)26-12-4-7-20(26)17-5-2-3-6-18(17)23/h2-3,5-6,8-9,13,16,20H,4,7,10-12H2,1H3,(H,24,27)(H,25,28). The minimum Gasteiger partial charge on any atom is -0.349 e. The maximum atomic E-state index is 13.0. The second-order valence-corrected chi connectivity index (χ2v) is 7.99. The van der Waals surface area contributed by atoms with E-state index in [1.807, 2.05) is 42.2 Å². The van der Waals surface area contributed by atoms with Gasteiger partial charge in [0, 0.05) is 28.9 Å². The fourth-order valence-corrected chi connectivity index (χ4v) is 3.92. The molecule has 4 rings (SSSR count). The summed E-state index contributed by atoms with van der Waals surface area (Å²) in [7, 11) is 0. The van der Waals surface area contributed by atoms with Gasteiger partial charge >= 0.3 is 6.03 Å². The topological polar surface area (TPSA) is 61.4 Å². The van der Waals surface area contributed by atoms with E-state index in [-0.39, 0.29) is 18.0 Å². The summed E-state index contributed by atoms with van der Waals surface area (Å²) in [5.41, 5.74) is 3.13. The first-order valence-electron chi connectivity index (χ1n) is 9.76. The van der Waals surface area contributed by atoms with Gasteiger partial charge in [0.2, 0.25) is 0 Å². The predicted molar refractivity (Wildman–Crippen MR) is 111 cm³/mol. The molecule has 3 amide bonds. The summed E-state index contributed by atoms with van der Waals surface area (Å²) in [6.07, 6.45) is 3.91. The van der Waals surface area contributed by atoms with Crippen molar-refractivity contribution in [2.24, 2.45) is 0 Å². The molecule has 1 saturated carbocycles. The molecule has 1 aliphatic carbocycles. The second kappa shape index (κ2) is 7.84. The van der Waals surface area contributed by atoms with Crippen LogP contribution >= 0.6 is 11.6 Å². The number of anilines is 1. The molecule has 1 unspecified atom stereocenters. The van der Waals surface area contributed by atoms with Crippen molar-refractivity contribution in [3.05, 3.63) is 64.2 Å². The second-order valence-electron chi connectivity index (χ2n) is 7.58. The monoisotopic (exact) mass is 397 g/mol. The highest BCUT2D eigenvalue weighted by atomic mass is 35.5. The Balaban J connectivity index is 1.51. The maximum Gasteiger partial charge on any atom is 0.322 e. The number of hydrogen-bond donors (Lipinski definition) is 2. The molecule has 2 aliphatic rings. The van der Waals surface area contributed by atoms with Gasteiger partial charge in [0.05, 0.1) is 6.04 Å². The quantitative estimate of drug-likeness (QED) is 0.769. The van der Waals surface area contributed by atoms with E-state index in [9.17, 15) is 9.59 Å². The van der Waals surface area contributed by atoms with Crippen molar-refractivity contribution in [3.63, 3.8) is 0 Å². The Labute approximate surface area is 170 Å². The number of nitrogens with one attached hydrogen (secondary N) is 2. The smallest absolute Gasteiger partial charge is 0.322 e. The number of likely N-dealkylation sites (tertiary alicyclic amines) is 1. The first-order valence-corrected chi connectivity index (χ1v) is 10.1. The number of amides is 3. The molecule has 28 heavy (non-hydrogen) atoms. The largest absolute Gasteiger partial charge is 0.349 e. The number of nitrogens with zero attached hydrogens (tertiary/aromatic N) is 1.